The van der Waals surface area contributed by atoms with Crippen molar-refractivity contribution in [2.75, 3.05) is 11.9 Å². The van der Waals surface area contributed by atoms with Crippen LogP contribution < -0.4 is 10.6 Å². The Morgan fingerprint density at radius 3 is 2.04 bits per heavy atom. The summed E-state index contributed by atoms with van der Waals surface area (Å²) in [6, 6.07) is 16.5. The first-order valence-corrected chi connectivity index (χ1v) is 9.01. The van der Waals surface area contributed by atoms with Gasteiger partial charge in [-0.25, -0.2) is 0 Å². The molecule has 2 aromatic carbocycles. The maximum absolute atomic E-state index is 12.2. The molecule has 0 bridgehead atoms. The Bertz CT molecular complexity index is 791. The number of carbonyl (C=O) groups excluding carboxylic acids is 3. The number of para-hydroxylation sites is 1. The Labute approximate surface area is 160 Å². The summed E-state index contributed by atoms with van der Waals surface area (Å²) in [4.78, 5) is 35.9. The molecular weight excluding hydrogens is 340 g/mol. The van der Waals surface area contributed by atoms with Gasteiger partial charge in [-0.3, -0.25) is 14.4 Å². The van der Waals surface area contributed by atoms with Crippen LogP contribution >= 0.6 is 0 Å². The monoisotopic (exact) mass is 366 g/mol. The van der Waals surface area contributed by atoms with Gasteiger partial charge in [0.1, 0.15) is 0 Å². The summed E-state index contributed by atoms with van der Waals surface area (Å²) in [5.74, 6) is -0.712. The van der Waals surface area contributed by atoms with Crippen LogP contribution in [0.5, 0.6) is 0 Å². The molecule has 0 saturated carbocycles. The normalized spacial score (nSPS) is 10.9. The molecule has 5 nitrogen and oxygen atoms in total. The molecule has 5 heteroatoms. The Hall–Kier alpha value is -2.95. The van der Waals surface area contributed by atoms with Gasteiger partial charge in [0.2, 0.25) is 11.8 Å². The first kappa shape index (κ1) is 20.4. The van der Waals surface area contributed by atoms with Gasteiger partial charge in [-0.15, -0.1) is 0 Å². The minimum Gasteiger partial charge on any atom is -0.347 e. The average Bonchev–Trinajstić information content (AvgIpc) is 2.64. The second kappa shape index (κ2) is 9.12. The second-order valence-corrected chi connectivity index (χ2v) is 7.44. The van der Waals surface area contributed by atoms with E-state index in [9.17, 15) is 14.4 Å². The number of hydrogen-bond donors (Lipinski definition) is 2. The Morgan fingerprint density at radius 1 is 0.815 bits per heavy atom. The molecule has 27 heavy (non-hydrogen) atoms. The maximum atomic E-state index is 12.2. The Balaban J connectivity index is 1.74. The van der Waals surface area contributed by atoms with E-state index >= 15 is 0 Å². The van der Waals surface area contributed by atoms with E-state index in [1.54, 1.807) is 24.3 Å². The number of ketones is 1. The van der Waals surface area contributed by atoms with Crippen molar-refractivity contribution in [2.45, 2.75) is 39.0 Å². The van der Waals surface area contributed by atoms with E-state index in [1.165, 1.54) is 0 Å². The predicted molar refractivity (Wildman–Crippen MR) is 107 cm³/mol. The predicted octanol–water partition coefficient (Wildman–Crippen LogP) is 3.70. The number of hydrogen-bond acceptors (Lipinski definition) is 3. The van der Waals surface area contributed by atoms with E-state index in [2.05, 4.69) is 31.4 Å². The number of carbonyl (C=O) groups is 3. The number of nitrogens with one attached hydrogen (secondary N) is 2. The summed E-state index contributed by atoms with van der Waals surface area (Å²) in [6.45, 7) is 6.22. The average molecular weight is 366 g/mol. The van der Waals surface area contributed by atoms with Gasteiger partial charge < -0.3 is 10.6 Å². The van der Waals surface area contributed by atoms with E-state index < -0.39 is 0 Å². The van der Waals surface area contributed by atoms with Gasteiger partial charge in [0.15, 0.2) is 5.78 Å². The van der Waals surface area contributed by atoms with Gasteiger partial charge in [0.05, 0.1) is 6.54 Å². The van der Waals surface area contributed by atoms with Crippen LogP contribution in [-0.4, -0.2) is 24.1 Å². The molecule has 0 heterocycles. The lowest BCUT2D eigenvalue weighted by Gasteiger charge is -2.18. The molecule has 0 aromatic heterocycles. The summed E-state index contributed by atoms with van der Waals surface area (Å²) in [5.41, 5.74) is 2.45. The fraction of sp³-hybridized carbons (Fsp3) is 0.318. The standard InChI is InChI=1S/C22H26N2O3/c1-22(2,3)17-11-9-16(10-12-17)19(25)13-14-20(26)23-15-21(27)24-18-7-5-4-6-8-18/h4-12H,13-15H2,1-3H3,(H,23,26)(H,24,27). The fourth-order valence-corrected chi connectivity index (χ4v) is 2.52. The third-order valence-corrected chi connectivity index (χ3v) is 4.16. The molecule has 0 fully saturated rings. The fourth-order valence-electron chi connectivity index (χ4n) is 2.52. The van der Waals surface area contributed by atoms with Crippen molar-refractivity contribution in [1.82, 2.24) is 5.32 Å². The first-order chi connectivity index (χ1) is 12.8. The Morgan fingerprint density at radius 2 is 1.44 bits per heavy atom. The quantitative estimate of drug-likeness (QED) is 0.734. The number of Topliss-reactive ketones (excluding diaryl/α,β-unsaturated/α-hetero) is 1. The molecule has 0 aliphatic rings. The van der Waals surface area contributed by atoms with Gasteiger partial charge >= 0.3 is 0 Å². The van der Waals surface area contributed by atoms with Gasteiger partial charge in [0, 0.05) is 24.1 Å². The maximum Gasteiger partial charge on any atom is 0.243 e. The van der Waals surface area contributed by atoms with Gasteiger partial charge in [-0.05, 0) is 23.1 Å². The topological polar surface area (TPSA) is 75.3 Å². The lowest BCUT2D eigenvalue weighted by molar-refractivity contribution is -0.124. The molecule has 142 valence electrons. The SMILES string of the molecule is CC(C)(C)c1ccc(C(=O)CCC(=O)NCC(=O)Nc2ccccc2)cc1. The molecule has 0 radical (unpaired) electrons. The van der Waals surface area contributed by atoms with Crippen LogP contribution in [-0.2, 0) is 15.0 Å². The highest BCUT2D eigenvalue weighted by Gasteiger charge is 2.15. The van der Waals surface area contributed by atoms with Crippen LogP contribution in [0, 0.1) is 0 Å². The third kappa shape index (κ3) is 6.70. The molecule has 2 aromatic rings. The van der Waals surface area contributed by atoms with E-state index in [0.29, 0.717) is 11.3 Å². The highest BCUT2D eigenvalue weighted by Crippen LogP contribution is 2.22. The highest BCUT2D eigenvalue weighted by atomic mass is 16.2. The van der Waals surface area contributed by atoms with Crippen molar-refractivity contribution in [3.05, 3.63) is 65.7 Å². The molecule has 0 aliphatic heterocycles. The smallest absolute Gasteiger partial charge is 0.243 e. The van der Waals surface area contributed by atoms with E-state index in [1.807, 2.05) is 30.3 Å². The molecule has 2 rings (SSSR count). The first-order valence-electron chi connectivity index (χ1n) is 9.01. The largest absolute Gasteiger partial charge is 0.347 e. The van der Waals surface area contributed by atoms with Crippen LogP contribution in [0.4, 0.5) is 5.69 Å². The molecular formula is C22H26N2O3. The van der Waals surface area contributed by atoms with E-state index in [4.69, 9.17) is 0 Å². The van der Waals surface area contributed by atoms with E-state index in [0.717, 1.165) is 5.56 Å². The summed E-state index contributed by atoms with van der Waals surface area (Å²) in [7, 11) is 0. The summed E-state index contributed by atoms with van der Waals surface area (Å²) in [6.07, 6.45) is 0.166. The van der Waals surface area contributed by atoms with Crippen molar-refractivity contribution < 1.29 is 14.4 Å². The van der Waals surface area contributed by atoms with Crippen molar-refractivity contribution in [2.24, 2.45) is 0 Å². The summed E-state index contributed by atoms with van der Waals surface area (Å²) >= 11 is 0. The minimum atomic E-state index is -0.321. The molecule has 0 spiro atoms. The third-order valence-electron chi connectivity index (χ3n) is 4.16. The molecule has 2 N–H and O–H groups in total. The number of benzene rings is 2. The zero-order valence-corrected chi connectivity index (χ0v) is 16.0. The summed E-state index contributed by atoms with van der Waals surface area (Å²) in [5, 5.41) is 5.22. The zero-order chi connectivity index (χ0) is 19.9. The summed E-state index contributed by atoms with van der Waals surface area (Å²) < 4.78 is 0. The number of anilines is 1. The zero-order valence-electron chi connectivity index (χ0n) is 16.0. The van der Waals surface area contributed by atoms with Crippen LogP contribution in [0.25, 0.3) is 0 Å². The van der Waals surface area contributed by atoms with Crippen LogP contribution in [0.3, 0.4) is 0 Å². The van der Waals surface area contributed by atoms with Crippen molar-refractivity contribution in [1.29, 1.82) is 0 Å². The van der Waals surface area contributed by atoms with Crippen molar-refractivity contribution in [3.63, 3.8) is 0 Å². The molecule has 0 saturated heterocycles. The number of rotatable bonds is 7. The van der Waals surface area contributed by atoms with Gasteiger partial charge in [-0.2, -0.15) is 0 Å². The molecule has 2 amide bonds. The van der Waals surface area contributed by atoms with Gasteiger partial charge in [-0.1, -0.05) is 63.2 Å². The molecule has 0 unspecified atom stereocenters. The van der Waals surface area contributed by atoms with Gasteiger partial charge in [0.25, 0.3) is 0 Å². The van der Waals surface area contributed by atoms with Crippen molar-refractivity contribution in [3.8, 4) is 0 Å². The number of amides is 2. The lowest BCUT2D eigenvalue weighted by atomic mass is 9.86. The van der Waals surface area contributed by atoms with Crippen molar-refractivity contribution >= 4 is 23.3 Å². The second-order valence-electron chi connectivity index (χ2n) is 7.44. The van der Waals surface area contributed by atoms with Crippen LogP contribution in [0.1, 0.15) is 49.5 Å². The molecule has 0 aliphatic carbocycles. The lowest BCUT2D eigenvalue weighted by Crippen LogP contribution is -2.33. The van der Waals surface area contributed by atoms with E-state index in [-0.39, 0.29) is 42.4 Å². The van der Waals surface area contributed by atoms with Crippen LogP contribution in [0.2, 0.25) is 0 Å². The highest BCUT2D eigenvalue weighted by molar-refractivity contribution is 5.99. The van der Waals surface area contributed by atoms with Crippen LogP contribution in [0.15, 0.2) is 54.6 Å². The minimum absolute atomic E-state index is 0.0295. The molecule has 0 atom stereocenters. The Kier molecular flexibility index (Phi) is 6.88.